The number of nitrogens with one attached hydrogen (secondary N) is 1. The van der Waals surface area contributed by atoms with E-state index in [2.05, 4.69) is 9.97 Å². The van der Waals surface area contributed by atoms with Gasteiger partial charge in [0.15, 0.2) is 0 Å². The second-order valence-electron chi connectivity index (χ2n) is 5.92. The lowest BCUT2D eigenvalue weighted by molar-refractivity contribution is -0.140. The fourth-order valence-corrected chi connectivity index (χ4v) is 2.96. The van der Waals surface area contributed by atoms with E-state index >= 15 is 0 Å². The van der Waals surface area contributed by atoms with Gasteiger partial charge in [-0.1, -0.05) is 30.3 Å². The number of hydrogen-bond acceptors (Lipinski definition) is 4. The van der Waals surface area contributed by atoms with Crippen LogP contribution in [-0.4, -0.2) is 40.5 Å². The molecule has 1 atom stereocenters. The molecule has 1 aromatic carbocycles. The van der Waals surface area contributed by atoms with E-state index in [0.717, 1.165) is 5.56 Å². The highest BCUT2D eigenvalue weighted by atomic mass is 16.5. The minimum absolute atomic E-state index is 0.0619. The zero-order valence-electron chi connectivity index (χ0n) is 13.7. The van der Waals surface area contributed by atoms with Crippen LogP contribution in [0.2, 0.25) is 0 Å². The molecule has 1 fully saturated rings. The second kappa shape index (κ2) is 7.40. The number of amides is 1. The molecule has 1 N–H and O–H groups in total. The number of ether oxygens (including phenoxy) is 1. The molecule has 1 saturated heterocycles. The number of hydrogen-bond donors (Lipinski definition) is 1. The Kier molecular flexibility index (Phi) is 5.05. The average molecular weight is 327 g/mol. The lowest BCUT2D eigenvalue weighted by Gasteiger charge is -2.35. The fraction of sp³-hybridized carbons (Fsp3) is 0.389. The minimum Gasteiger partial charge on any atom is -0.377 e. The number of morpholine rings is 1. The summed E-state index contributed by atoms with van der Waals surface area (Å²) in [6.07, 6.45) is 1.13. The molecular weight excluding hydrogens is 306 g/mol. The Morgan fingerprint density at radius 3 is 2.92 bits per heavy atom. The number of aryl methyl sites for hydroxylation is 2. The molecule has 0 bridgehead atoms. The Balaban J connectivity index is 1.74. The van der Waals surface area contributed by atoms with Gasteiger partial charge in [-0.3, -0.25) is 9.59 Å². The van der Waals surface area contributed by atoms with Crippen molar-refractivity contribution in [2.24, 2.45) is 0 Å². The van der Waals surface area contributed by atoms with Crippen LogP contribution in [0.25, 0.3) is 0 Å². The monoisotopic (exact) mass is 327 g/mol. The van der Waals surface area contributed by atoms with Crippen molar-refractivity contribution in [3.05, 3.63) is 63.8 Å². The van der Waals surface area contributed by atoms with Gasteiger partial charge in [0.05, 0.1) is 24.9 Å². The Morgan fingerprint density at radius 1 is 1.38 bits per heavy atom. The first-order valence-corrected chi connectivity index (χ1v) is 8.12. The van der Waals surface area contributed by atoms with Crippen molar-refractivity contribution < 1.29 is 9.53 Å². The largest absolute Gasteiger partial charge is 0.377 e. The van der Waals surface area contributed by atoms with Crippen LogP contribution in [0.4, 0.5) is 0 Å². The van der Waals surface area contributed by atoms with Crippen molar-refractivity contribution in [3.63, 3.8) is 0 Å². The number of aromatic nitrogens is 2. The number of nitrogens with zero attached hydrogens (tertiary/aromatic N) is 2. The van der Waals surface area contributed by atoms with E-state index in [0.29, 0.717) is 44.1 Å². The van der Waals surface area contributed by atoms with E-state index in [9.17, 15) is 9.59 Å². The highest BCUT2D eigenvalue weighted by molar-refractivity contribution is 5.77. The molecule has 6 heteroatoms. The second-order valence-corrected chi connectivity index (χ2v) is 5.92. The normalized spacial score (nSPS) is 17.7. The van der Waals surface area contributed by atoms with Crippen molar-refractivity contribution in [3.8, 4) is 0 Å². The van der Waals surface area contributed by atoms with E-state index in [1.165, 1.54) is 6.07 Å². The number of benzene rings is 1. The Hall–Kier alpha value is -2.47. The molecule has 0 saturated carbocycles. The highest BCUT2D eigenvalue weighted by Crippen LogP contribution is 2.23. The number of carbonyl (C=O) groups excluding carboxylic acids is 1. The van der Waals surface area contributed by atoms with Gasteiger partial charge >= 0.3 is 0 Å². The summed E-state index contributed by atoms with van der Waals surface area (Å²) < 4.78 is 5.51. The van der Waals surface area contributed by atoms with E-state index in [-0.39, 0.29) is 17.5 Å². The van der Waals surface area contributed by atoms with Gasteiger partial charge in [0.25, 0.3) is 5.56 Å². The van der Waals surface area contributed by atoms with Gasteiger partial charge < -0.3 is 14.6 Å². The maximum atomic E-state index is 12.7. The molecule has 0 aliphatic carbocycles. The van der Waals surface area contributed by atoms with Gasteiger partial charge in [-0.25, -0.2) is 4.98 Å². The van der Waals surface area contributed by atoms with Crippen molar-refractivity contribution in [1.82, 2.24) is 14.9 Å². The number of rotatable bonds is 4. The molecule has 1 aromatic heterocycles. The summed E-state index contributed by atoms with van der Waals surface area (Å²) in [6, 6.07) is 11.1. The van der Waals surface area contributed by atoms with Crippen LogP contribution in [-0.2, 0) is 16.0 Å². The highest BCUT2D eigenvalue weighted by Gasteiger charge is 2.29. The number of aromatic amines is 1. The smallest absolute Gasteiger partial charge is 0.251 e. The Morgan fingerprint density at radius 2 is 2.17 bits per heavy atom. The van der Waals surface area contributed by atoms with Crippen molar-refractivity contribution in [1.29, 1.82) is 0 Å². The molecular formula is C18H21N3O3. The number of carbonyl (C=O) groups is 1. The van der Waals surface area contributed by atoms with Gasteiger partial charge in [-0.2, -0.15) is 0 Å². The molecule has 2 heterocycles. The zero-order chi connectivity index (χ0) is 16.9. The zero-order valence-corrected chi connectivity index (χ0v) is 13.7. The van der Waals surface area contributed by atoms with Crippen LogP contribution >= 0.6 is 0 Å². The van der Waals surface area contributed by atoms with Gasteiger partial charge in [0.2, 0.25) is 5.91 Å². The lowest BCUT2D eigenvalue weighted by Crippen LogP contribution is -2.44. The summed E-state index contributed by atoms with van der Waals surface area (Å²) in [5.41, 5.74) is 1.52. The van der Waals surface area contributed by atoms with E-state index in [1.54, 1.807) is 11.8 Å². The molecule has 3 rings (SSSR count). The maximum Gasteiger partial charge on any atom is 0.251 e. The first-order valence-electron chi connectivity index (χ1n) is 8.12. The quantitative estimate of drug-likeness (QED) is 0.926. The average Bonchev–Trinajstić information content (AvgIpc) is 2.60. The number of H-pyrrole nitrogens is 1. The molecule has 1 amide bonds. The fourth-order valence-electron chi connectivity index (χ4n) is 2.96. The van der Waals surface area contributed by atoms with Crippen LogP contribution in [0, 0.1) is 6.92 Å². The van der Waals surface area contributed by atoms with Crippen LogP contribution in [0.3, 0.4) is 0 Å². The topological polar surface area (TPSA) is 75.3 Å². The van der Waals surface area contributed by atoms with Crippen molar-refractivity contribution in [2.45, 2.75) is 25.8 Å². The maximum absolute atomic E-state index is 12.7. The molecule has 126 valence electrons. The van der Waals surface area contributed by atoms with Gasteiger partial charge in [-0.15, -0.1) is 0 Å². The Bertz CT molecular complexity index is 758. The molecule has 1 aliphatic rings. The standard InChI is InChI=1S/C18H21N3O3/c1-13-19-15(11-17(22)20-13)16-12-24-10-9-21(16)18(23)8-7-14-5-3-2-4-6-14/h2-6,11,16H,7-10,12H2,1H3,(H,19,20,22). The Labute approximate surface area is 140 Å². The molecule has 0 spiro atoms. The molecule has 24 heavy (non-hydrogen) atoms. The molecule has 0 radical (unpaired) electrons. The van der Waals surface area contributed by atoms with Crippen LogP contribution < -0.4 is 5.56 Å². The van der Waals surface area contributed by atoms with Crippen molar-refractivity contribution in [2.75, 3.05) is 19.8 Å². The lowest BCUT2D eigenvalue weighted by atomic mass is 10.1. The minimum atomic E-state index is -0.303. The molecule has 1 unspecified atom stereocenters. The van der Waals surface area contributed by atoms with Crippen LogP contribution in [0.1, 0.15) is 29.5 Å². The SMILES string of the molecule is Cc1nc(C2COCCN2C(=O)CCc2ccccc2)cc(=O)[nH]1. The van der Waals surface area contributed by atoms with E-state index in [1.807, 2.05) is 30.3 Å². The van der Waals surface area contributed by atoms with E-state index in [4.69, 9.17) is 4.74 Å². The summed E-state index contributed by atoms with van der Waals surface area (Å²) in [5.74, 6) is 0.603. The molecule has 1 aliphatic heterocycles. The van der Waals surface area contributed by atoms with Crippen LogP contribution in [0.5, 0.6) is 0 Å². The first-order chi connectivity index (χ1) is 11.6. The summed E-state index contributed by atoms with van der Waals surface area (Å²) in [5, 5.41) is 0. The van der Waals surface area contributed by atoms with Gasteiger partial charge in [0.1, 0.15) is 5.82 Å². The molecule has 6 nitrogen and oxygen atoms in total. The third kappa shape index (κ3) is 3.89. The third-order valence-corrected chi connectivity index (χ3v) is 4.14. The predicted octanol–water partition coefficient (Wildman–Crippen LogP) is 1.61. The summed E-state index contributed by atoms with van der Waals surface area (Å²) in [6.45, 7) is 3.13. The van der Waals surface area contributed by atoms with Crippen LogP contribution in [0.15, 0.2) is 41.2 Å². The van der Waals surface area contributed by atoms with Gasteiger partial charge in [0, 0.05) is 19.0 Å². The summed E-state index contributed by atoms with van der Waals surface area (Å²) in [4.78, 5) is 33.2. The van der Waals surface area contributed by atoms with Crippen molar-refractivity contribution >= 4 is 5.91 Å². The summed E-state index contributed by atoms with van der Waals surface area (Å²) >= 11 is 0. The molecule has 2 aromatic rings. The predicted molar refractivity (Wildman–Crippen MR) is 89.6 cm³/mol. The van der Waals surface area contributed by atoms with Gasteiger partial charge in [-0.05, 0) is 18.9 Å². The first kappa shape index (κ1) is 16.4. The van der Waals surface area contributed by atoms with E-state index < -0.39 is 0 Å². The third-order valence-electron chi connectivity index (χ3n) is 4.14. The summed E-state index contributed by atoms with van der Waals surface area (Å²) in [7, 11) is 0.